The van der Waals surface area contributed by atoms with Crippen molar-refractivity contribution in [1.82, 2.24) is 15.2 Å². The molecule has 0 aliphatic carbocycles. The lowest BCUT2D eigenvalue weighted by atomic mass is 10.2. The molecule has 1 aromatic heterocycles. The standard InChI is InChI=1S/C16H21N5O/c1-4-21(5-2)14-8-6-13(7-9-14)12-17-18-16(22)15-10-11-20(3)19-15/h6-12H,4-5H2,1-3H3,(H,18,22). The van der Waals surface area contributed by atoms with E-state index in [2.05, 4.69) is 46.5 Å². The SMILES string of the molecule is CCN(CC)c1ccc(C=NNC(=O)c2ccn(C)n2)cc1. The van der Waals surface area contributed by atoms with Gasteiger partial charge in [0.2, 0.25) is 0 Å². The molecule has 2 rings (SSSR count). The Balaban J connectivity index is 1.94. The number of hydrogen-bond donors (Lipinski definition) is 1. The summed E-state index contributed by atoms with van der Waals surface area (Å²) in [5, 5.41) is 7.97. The quantitative estimate of drug-likeness (QED) is 0.656. The average molecular weight is 299 g/mol. The lowest BCUT2D eigenvalue weighted by Crippen LogP contribution is -2.21. The van der Waals surface area contributed by atoms with Crippen molar-refractivity contribution in [3.63, 3.8) is 0 Å². The predicted octanol–water partition coefficient (Wildman–Crippen LogP) is 2.03. The van der Waals surface area contributed by atoms with Gasteiger partial charge in [-0.1, -0.05) is 12.1 Å². The number of hydrazone groups is 1. The lowest BCUT2D eigenvalue weighted by Gasteiger charge is -2.20. The van der Waals surface area contributed by atoms with Crippen LogP contribution in [-0.2, 0) is 7.05 Å². The Morgan fingerprint density at radius 2 is 1.95 bits per heavy atom. The fourth-order valence-corrected chi connectivity index (χ4v) is 2.12. The molecule has 6 nitrogen and oxygen atoms in total. The number of nitrogens with one attached hydrogen (secondary N) is 1. The Labute approximate surface area is 130 Å². The molecular weight excluding hydrogens is 278 g/mol. The summed E-state index contributed by atoms with van der Waals surface area (Å²) < 4.78 is 1.57. The van der Waals surface area contributed by atoms with Gasteiger partial charge in [-0.2, -0.15) is 10.2 Å². The molecule has 6 heteroatoms. The highest BCUT2D eigenvalue weighted by Crippen LogP contribution is 2.13. The van der Waals surface area contributed by atoms with Crippen LogP contribution in [0.5, 0.6) is 0 Å². The van der Waals surface area contributed by atoms with Gasteiger partial charge in [-0.05, 0) is 37.6 Å². The summed E-state index contributed by atoms with van der Waals surface area (Å²) in [5.74, 6) is -0.323. The Bertz CT molecular complexity index is 641. The molecule has 22 heavy (non-hydrogen) atoms. The zero-order valence-electron chi connectivity index (χ0n) is 13.2. The van der Waals surface area contributed by atoms with Crippen molar-refractivity contribution in [2.24, 2.45) is 12.1 Å². The summed E-state index contributed by atoms with van der Waals surface area (Å²) >= 11 is 0. The van der Waals surface area contributed by atoms with Gasteiger partial charge in [0.1, 0.15) is 0 Å². The van der Waals surface area contributed by atoms with E-state index in [0.717, 1.165) is 18.7 Å². The number of amides is 1. The molecule has 1 heterocycles. The van der Waals surface area contributed by atoms with E-state index in [-0.39, 0.29) is 5.91 Å². The number of nitrogens with zero attached hydrogens (tertiary/aromatic N) is 4. The number of aryl methyl sites for hydroxylation is 1. The largest absolute Gasteiger partial charge is 0.372 e. The van der Waals surface area contributed by atoms with Crippen molar-refractivity contribution in [3.05, 3.63) is 47.8 Å². The Hall–Kier alpha value is -2.63. The molecule has 0 unspecified atom stereocenters. The van der Waals surface area contributed by atoms with Gasteiger partial charge in [-0.15, -0.1) is 0 Å². The number of hydrogen-bond acceptors (Lipinski definition) is 4. The van der Waals surface area contributed by atoms with Gasteiger partial charge < -0.3 is 4.90 Å². The molecule has 0 radical (unpaired) electrons. The minimum absolute atomic E-state index is 0.323. The van der Waals surface area contributed by atoms with Crippen LogP contribution in [0.3, 0.4) is 0 Å². The van der Waals surface area contributed by atoms with E-state index in [1.807, 2.05) is 12.1 Å². The van der Waals surface area contributed by atoms with E-state index >= 15 is 0 Å². The first-order chi connectivity index (χ1) is 10.6. The fourth-order valence-electron chi connectivity index (χ4n) is 2.12. The van der Waals surface area contributed by atoms with Crippen molar-refractivity contribution in [1.29, 1.82) is 0 Å². The molecule has 1 N–H and O–H groups in total. The zero-order valence-corrected chi connectivity index (χ0v) is 13.2. The Morgan fingerprint density at radius 1 is 1.27 bits per heavy atom. The molecule has 1 aromatic carbocycles. The predicted molar refractivity (Wildman–Crippen MR) is 88.3 cm³/mol. The smallest absolute Gasteiger partial charge is 0.291 e. The van der Waals surface area contributed by atoms with Crippen LogP contribution >= 0.6 is 0 Å². The van der Waals surface area contributed by atoms with Crippen LogP contribution in [0.4, 0.5) is 5.69 Å². The molecule has 0 aliphatic heterocycles. The van der Waals surface area contributed by atoms with Crippen LogP contribution < -0.4 is 10.3 Å². The molecular formula is C16H21N5O. The Kier molecular flexibility index (Phi) is 5.30. The number of benzene rings is 1. The third-order valence-corrected chi connectivity index (χ3v) is 3.35. The summed E-state index contributed by atoms with van der Waals surface area (Å²) in [4.78, 5) is 14.0. The molecule has 2 aromatic rings. The maximum absolute atomic E-state index is 11.8. The van der Waals surface area contributed by atoms with E-state index in [1.54, 1.807) is 30.2 Å². The van der Waals surface area contributed by atoms with Gasteiger partial charge >= 0.3 is 0 Å². The highest BCUT2D eigenvalue weighted by atomic mass is 16.2. The lowest BCUT2D eigenvalue weighted by molar-refractivity contribution is 0.0949. The first-order valence-corrected chi connectivity index (χ1v) is 7.32. The number of rotatable bonds is 6. The second-order valence-corrected chi connectivity index (χ2v) is 4.84. The normalized spacial score (nSPS) is 10.9. The van der Waals surface area contributed by atoms with E-state index < -0.39 is 0 Å². The molecule has 0 saturated carbocycles. The minimum Gasteiger partial charge on any atom is -0.372 e. The van der Waals surface area contributed by atoms with Gasteiger partial charge in [0.25, 0.3) is 5.91 Å². The molecule has 116 valence electrons. The van der Waals surface area contributed by atoms with Crippen molar-refractivity contribution >= 4 is 17.8 Å². The summed E-state index contributed by atoms with van der Waals surface area (Å²) in [7, 11) is 1.76. The zero-order chi connectivity index (χ0) is 15.9. The van der Waals surface area contributed by atoms with Crippen LogP contribution in [0.25, 0.3) is 0 Å². The highest BCUT2D eigenvalue weighted by Gasteiger charge is 2.06. The van der Waals surface area contributed by atoms with E-state index in [0.29, 0.717) is 5.69 Å². The van der Waals surface area contributed by atoms with Gasteiger partial charge in [0, 0.05) is 32.0 Å². The van der Waals surface area contributed by atoms with Gasteiger partial charge in [0.05, 0.1) is 6.21 Å². The number of carbonyl (C=O) groups excluding carboxylic acids is 1. The average Bonchev–Trinajstić information content (AvgIpc) is 2.96. The monoisotopic (exact) mass is 299 g/mol. The van der Waals surface area contributed by atoms with Crippen LogP contribution in [0.15, 0.2) is 41.6 Å². The number of anilines is 1. The molecule has 0 atom stereocenters. The minimum atomic E-state index is -0.323. The van der Waals surface area contributed by atoms with E-state index in [9.17, 15) is 4.79 Å². The van der Waals surface area contributed by atoms with Crippen LogP contribution in [-0.4, -0.2) is 35.0 Å². The summed E-state index contributed by atoms with van der Waals surface area (Å²) in [6, 6.07) is 9.70. The van der Waals surface area contributed by atoms with Crippen molar-refractivity contribution in [2.45, 2.75) is 13.8 Å². The highest BCUT2D eigenvalue weighted by molar-refractivity contribution is 5.93. The topological polar surface area (TPSA) is 62.5 Å². The van der Waals surface area contributed by atoms with Crippen LogP contribution in [0.2, 0.25) is 0 Å². The molecule has 0 fully saturated rings. The van der Waals surface area contributed by atoms with Gasteiger partial charge in [0.15, 0.2) is 5.69 Å². The van der Waals surface area contributed by atoms with Crippen molar-refractivity contribution in [3.8, 4) is 0 Å². The third kappa shape index (κ3) is 3.94. The van der Waals surface area contributed by atoms with Gasteiger partial charge in [-0.3, -0.25) is 9.48 Å². The fraction of sp³-hybridized carbons (Fsp3) is 0.312. The third-order valence-electron chi connectivity index (χ3n) is 3.35. The maximum Gasteiger partial charge on any atom is 0.291 e. The van der Waals surface area contributed by atoms with Gasteiger partial charge in [-0.25, -0.2) is 5.43 Å². The summed E-state index contributed by atoms with van der Waals surface area (Å²) in [6.45, 7) is 6.21. The maximum atomic E-state index is 11.8. The Morgan fingerprint density at radius 3 is 2.50 bits per heavy atom. The first kappa shape index (κ1) is 15.8. The molecule has 0 aliphatic rings. The molecule has 0 saturated heterocycles. The second-order valence-electron chi connectivity index (χ2n) is 4.84. The number of aromatic nitrogens is 2. The van der Waals surface area contributed by atoms with E-state index in [1.165, 1.54) is 5.69 Å². The first-order valence-electron chi connectivity index (χ1n) is 7.32. The second kappa shape index (κ2) is 7.40. The summed E-state index contributed by atoms with van der Waals surface area (Å²) in [6.07, 6.45) is 3.33. The van der Waals surface area contributed by atoms with E-state index in [4.69, 9.17) is 0 Å². The van der Waals surface area contributed by atoms with Crippen LogP contribution in [0, 0.1) is 0 Å². The molecule has 0 bridgehead atoms. The van der Waals surface area contributed by atoms with Crippen molar-refractivity contribution < 1.29 is 4.79 Å². The van der Waals surface area contributed by atoms with Crippen LogP contribution in [0.1, 0.15) is 29.9 Å². The molecule has 1 amide bonds. The number of carbonyl (C=O) groups is 1. The van der Waals surface area contributed by atoms with Crippen molar-refractivity contribution in [2.75, 3.05) is 18.0 Å². The molecule has 0 spiro atoms. The summed E-state index contributed by atoms with van der Waals surface area (Å²) in [5.41, 5.74) is 4.92.